The van der Waals surface area contributed by atoms with Gasteiger partial charge in [-0.2, -0.15) is 0 Å². The largest absolute Gasteiger partial charge is 0.353 e. The first-order valence-corrected chi connectivity index (χ1v) is 8.06. The highest BCUT2D eigenvalue weighted by Gasteiger charge is 2.24. The Kier molecular flexibility index (Phi) is 6.75. The quantitative estimate of drug-likeness (QED) is 0.627. The Morgan fingerprint density at radius 1 is 1.19 bits per heavy atom. The number of hydrogen-bond donors (Lipinski definition) is 2. The highest BCUT2D eigenvalue weighted by molar-refractivity contribution is 7.99. The topological polar surface area (TPSA) is 58.2 Å². The van der Waals surface area contributed by atoms with Gasteiger partial charge in [-0.05, 0) is 19.1 Å². The molecule has 0 saturated carbocycles. The third kappa shape index (κ3) is 6.67. The summed E-state index contributed by atoms with van der Waals surface area (Å²) in [6.45, 7) is 7.74. The Labute approximate surface area is 131 Å². The molecule has 1 rings (SSSR count). The summed E-state index contributed by atoms with van der Waals surface area (Å²) in [6.07, 6.45) is 0. The smallest absolute Gasteiger partial charge is 0.242 e. The van der Waals surface area contributed by atoms with Gasteiger partial charge in [0.25, 0.3) is 0 Å². The summed E-state index contributed by atoms with van der Waals surface area (Å²) in [5, 5.41) is 5.56. The van der Waals surface area contributed by atoms with Crippen molar-refractivity contribution in [1.82, 2.24) is 10.6 Å². The number of hydrogen-bond acceptors (Lipinski definition) is 3. The highest BCUT2D eigenvalue weighted by atomic mass is 32.2. The summed E-state index contributed by atoms with van der Waals surface area (Å²) in [5.41, 5.74) is -0.488. The second-order valence-corrected chi connectivity index (χ2v) is 7.07. The molecule has 0 heterocycles. The second kappa shape index (κ2) is 8.08. The average Bonchev–Trinajstić information content (AvgIpc) is 2.43. The fourth-order valence-corrected chi connectivity index (χ4v) is 2.28. The summed E-state index contributed by atoms with van der Waals surface area (Å²) in [7, 11) is 0. The van der Waals surface area contributed by atoms with E-state index in [-0.39, 0.29) is 11.8 Å². The Hall–Kier alpha value is -1.49. The Morgan fingerprint density at radius 3 is 2.38 bits per heavy atom. The van der Waals surface area contributed by atoms with Crippen LogP contribution in [0.5, 0.6) is 0 Å². The van der Waals surface area contributed by atoms with E-state index in [9.17, 15) is 9.59 Å². The van der Waals surface area contributed by atoms with Gasteiger partial charge in [0.2, 0.25) is 11.8 Å². The van der Waals surface area contributed by atoms with E-state index in [1.54, 1.807) is 18.7 Å². The zero-order valence-electron chi connectivity index (χ0n) is 13.1. The van der Waals surface area contributed by atoms with Crippen molar-refractivity contribution < 1.29 is 9.59 Å². The molecule has 21 heavy (non-hydrogen) atoms. The second-order valence-electron chi connectivity index (χ2n) is 5.90. The van der Waals surface area contributed by atoms with E-state index in [0.717, 1.165) is 5.75 Å². The van der Waals surface area contributed by atoms with Crippen LogP contribution < -0.4 is 10.6 Å². The summed E-state index contributed by atoms with van der Waals surface area (Å²) >= 11 is 1.69. The molecule has 1 unspecified atom stereocenters. The highest BCUT2D eigenvalue weighted by Crippen LogP contribution is 2.15. The summed E-state index contributed by atoms with van der Waals surface area (Å²) in [4.78, 5) is 24.9. The molecule has 0 aromatic heterocycles. The van der Waals surface area contributed by atoms with E-state index in [0.29, 0.717) is 6.54 Å². The lowest BCUT2D eigenvalue weighted by atomic mass is 9.95. The maximum Gasteiger partial charge on any atom is 0.242 e. The SMILES string of the molecule is CC(NC(=O)C(C)(C)C)C(=O)NCCSc1ccccc1. The molecule has 1 aromatic carbocycles. The lowest BCUT2D eigenvalue weighted by molar-refractivity contribution is -0.133. The van der Waals surface area contributed by atoms with Gasteiger partial charge >= 0.3 is 0 Å². The lowest BCUT2D eigenvalue weighted by Gasteiger charge is -2.21. The molecule has 5 heteroatoms. The molecule has 0 aliphatic carbocycles. The van der Waals surface area contributed by atoms with Crippen molar-refractivity contribution in [2.24, 2.45) is 5.41 Å². The van der Waals surface area contributed by atoms with Gasteiger partial charge in [-0.25, -0.2) is 0 Å². The monoisotopic (exact) mass is 308 g/mol. The predicted molar refractivity (Wildman–Crippen MR) is 87.2 cm³/mol. The van der Waals surface area contributed by atoms with Crippen LogP contribution in [0.2, 0.25) is 0 Å². The van der Waals surface area contributed by atoms with Crippen molar-refractivity contribution in [2.75, 3.05) is 12.3 Å². The van der Waals surface area contributed by atoms with E-state index in [4.69, 9.17) is 0 Å². The Balaban J connectivity index is 2.26. The van der Waals surface area contributed by atoms with Crippen LogP contribution in [0.4, 0.5) is 0 Å². The molecule has 0 aliphatic rings. The number of benzene rings is 1. The first-order valence-electron chi connectivity index (χ1n) is 7.07. The van der Waals surface area contributed by atoms with Crippen molar-refractivity contribution in [1.29, 1.82) is 0 Å². The number of nitrogens with one attached hydrogen (secondary N) is 2. The molecule has 4 nitrogen and oxygen atoms in total. The standard InChI is InChI=1S/C16H24N2O2S/c1-12(18-15(20)16(2,3)4)14(19)17-10-11-21-13-8-6-5-7-9-13/h5-9,12H,10-11H2,1-4H3,(H,17,19)(H,18,20). The summed E-state index contributed by atoms with van der Waals surface area (Å²) in [5.74, 6) is 0.528. The van der Waals surface area contributed by atoms with Crippen LogP contribution >= 0.6 is 11.8 Å². The van der Waals surface area contributed by atoms with Crippen LogP contribution in [0.3, 0.4) is 0 Å². The number of amides is 2. The summed E-state index contributed by atoms with van der Waals surface area (Å²) in [6, 6.07) is 9.53. The minimum atomic E-state index is -0.515. The molecule has 1 aromatic rings. The molecule has 2 N–H and O–H groups in total. The van der Waals surface area contributed by atoms with Crippen LogP contribution in [-0.4, -0.2) is 30.2 Å². The van der Waals surface area contributed by atoms with E-state index in [1.807, 2.05) is 51.1 Å². The molecule has 0 radical (unpaired) electrons. The first kappa shape index (κ1) is 17.6. The minimum Gasteiger partial charge on any atom is -0.353 e. The van der Waals surface area contributed by atoms with Gasteiger partial charge in [0.1, 0.15) is 6.04 Å². The third-order valence-electron chi connectivity index (χ3n) is 2.84. The van der Waals surface area contributed by atoms with Crippen molar-refractivity contribution in [3.63, 3.8) is 0 Å². The van der Waals surface area contributed by atoms with E-state index < -0.39 is 11.5 Å². The Bertz CT molecular complexity index is 469. The van der Waals surface area contributed by atoms with E-state index in [1.165, 1.54) is 4.90 Å². The van der Waals surface area contributed by atoms with E-state index in [2.05, 4.69) is 10.6 Å². The molecule has 2 amide bonds. The fourth-order valence-electron chi connectivity index (χ4n) is 1.49. The van der Waals surface area contributed by atoms with Crippen molar-refractivity contribution >= 4 is 23.6 Å². The molecule has 0 bridgehead atoms. The molecule has 1 atom stereocenters. The average molecular weight is 308 g/mol. The molecule has 116 valence electrons. The number of carbonyl (C=O) groups is 2. The van der Waals surface area contributed by atoms with Crippen molar-refractivity contribution in [3.05, 3.63) is 30.3 Å². The van der Waals surface area contributed by atoms with Gasteiger partial charge in [0.05, 0.1) is 0 Å². The van der Waals surface area contributed by atoms with Crippen LogP contribution in [0.25, 0.3) is 0 Å². The van der Waals surface area contributed by atoms with Crippen LogP contribution in [0, 0.1) is 5.41 Å². The van der Waals surface area contributed by atoms with Crippen LogP contribution in [-0.2, 0) is 9.59 Å². The van der Waals surface area contributed by atoms with Gasteiger partial charge in [-0.15, -0.1) is 11.8 Å². The van der Waals surface area contributed by atoms with Crippen LogP contribution in [0.15, 0.2) is 35.2 Å². The molecule has 0 saturated heterocycles. The van der Waals surface area contributed by atoms with Gasteiger partial charge in [0, 0.05) is 22.6 Å². The van der Waals surface area contributed by atoms with Gasteiger partial charge in [-0.3, -0.25) is 9.59 Å². The fraction of sp³-hybridized carbons (Fsp3) is 0.500. The number of thioether (sulfide) groups is 1. The molecule has 0 spiro atoms. The Morgan fingerprint density at radius 2 is 1.81 bits per heavy atom. The minimum absolute atomic E-state index is 0.121. The maximum atomic E-state index is 11.9. The van der Waals surface area contributed by atoms with Crippen molar-refractivity contribution in [2.45, 2.75) is 38.6 Å². The first-order chi connectivity index (χ1) is 9.80. The molecule has 0 aliphatic heterocycles. The van der Waals surface area contributed by atoms with Gasteiger partial charge < -0.3 is 10.6 Å². The zero-order valence-corrected chi connectivity index (χ0v) is 13.9. The van der Waals surface area contributed by atoms with Gasteiger partial charge in [0.15, 0.2) is 0 Å². The lowest BCUT2D eigenvalue weighted by Crippen LogP contribution is -2.48. The zero-order chi connectivity index (χ0) is 15.9. The normalized spacial score (nSPS) is 12.6. The summed E-state index contributed by atoms with van der Waals surface area (Å²) < 4.78 is 0. The van der Waals surface area contributed by atoms with E-state index >= 15 is 0 Å². The molecule has 0 fully saturated rings. The van der Waals surface area contributed by atoms with Gasteiger partial charge in [-0.1, -0.05) is 39.0 Å². The molecular formula is C16H24N2O2S. The third-order valence-corrected chi connectivity index (χ3v) is 3.85. The number of carbonyl (C=O) groups excluding carboxylic acids is 2. The number of rotatable bonds is 6. The predicted octanol–water partition coefficient (Wildman–Crippen LogP) is 2.45. The maximum absolute atomic E-state index is 11.9. The molecular weight excluding hydrogens is 284 g/mol. The van der Waals surface area contributed by atoms with Crippen molar-refractivity contribution in [3.8, 4) is 0 Å². The van der Waals surface area contributed by atoms with Crippen LogP contribution in [0.1, 0.15) is 27.7 Å².